The molecular formula is C24H34F2N4O4. The van der Waals surface area contributed by atoms with E-state index in [1.165, 1.54) is 4.90 Å². The van der Waals surface area contributed by atoms with Crippen molar-refractivity contribution in [1.82, 2.24) is 15.5 Å². The van der Waals surface area contributed by atoms with Crippen molar-refractivity contribution in [2.24, 2.45) is 11.7 Å². The van der Waals surface area contributed by atoms with Crippen LogP contribution in [-0.4, -0.2) is 58.4 Å². The number of benzene rings is 1. The van der Waals surface area contributed by atoms with Crippen molar-refractivity contribution in [1.29, 1.82) is 0 Å². The average molecular weight is 481 g/mol. The van der Waals surface area contributed by atoms with Gasteiger partial charge in [-0.25, -0.2) is 0 Å². The van der Waals surface area contributed by atoms with Crippen LogP contribution in [0.5, 0.6) is 0 Å². The van der Waals surface area contributed by atoms with Crippen LogP contribution in [-0.2, 0) is 20.9 Å². The van der Waals surface area contributed by atoms with Crippen molar-refractivity contribution in [2.45, 2.75) is 71.2 Å². The predicted molar refractivity (Wildman–Crippen MR) is 123 cm³/mol. The van der Waals surface area contributed by atoms with E-state index < -0.39 is 47.7 Å². The number of amides is 3. The Labute approximate surface area is 198 Å². The average Bonchev–Trinajstić information content (AvgIpc) is 3.29. The molecule has 1 aromatic carbocycles. The summed E-state index contributed by atoms with van der Waals surface area (Å²) in [6.07, 6.45) is -1.59. The molecule has 0 spiro atoms. The van der Waals surface area contributed by atoms with Crippen molar-refractivity contribution >= 4 is 17.7 Å². The Kier molecular flexibility index (Phi) is 9.14. The molecule has 0 radical (unpaired) electrons. The second-order valence-electron chi connectivity index (χ2n) is 9.08. The molecule has 1 aliphatic heterocycles. The number of carbonyl (C=O) groups excluding carboxylic acids is 3. The Morgan fingerprint density at radius 3 is 2.38 bits per heavy atom. The van der Waals surface area contributed by atoms with E-state index in [2.05, 4.69) is 10.6 Å². The highest BCUT2D eigenvalue weighted by Crippen LogP contribution is 2.26. The van der Waals surface area contributed by atoms with Crippen molar-refractivity contribution < 1.29 is 28.3 Å². The molecule has 0 bridgehead atoms. The Balaban J connectivity index is 2.11. The van der Waals surface area contributed by atoms with Crippen molar-refractivity contribution in [3.05, 3.63) is 47.2 Å². The maximum absolute atomic E-state index is 14.9. The first kappa shape index (κ1) is 27.2. The monoisotopic (exact) mass is 480 g/mol. The summed E-state index contributed by atoms with van der Waals surface area (Å²) >= 11 is 0. The van der Waals surface area contributed by atoms with Crippen molar-refractivity contribution in [3.63, 3.8) is 0 Å². The van der Waals surface area contributed by atoms with Crippen LogP contribution < -0.4 is 16.4 Å². The first-order valence-corrected chi connectivity index (χ1v) is 11.3. The number of hydrogen-bond acceptors (Lipinski definition) is 5. The molecule has 3 amide bonds. The third-order valence-electron chi connectivity index (χ3n) is 5.92. The number of nitrogens with one attached hydrogen (secondary N) is 2. The van der Waals surface area contributed by atoms with Gasteiger partial charge in [-0.1, -0.05) is 44.2 Å². The number of carbonyl (C=O) groups is 3. The summed E-state index contributed by atoms with van der Waals surface area (Å²) < 4.78 is 29.7. The first-order valence-electron chi connectivity index (χ1n) is 11.3. The van der Waals surface area contributed by atoms with E-state index >= 15 is 0 Å². The zero-order chi connectivity index (χ0) is 25.6. The molecule has 1 heterocycles. The number of halogens is 2. The summed E-state index contributed by atoms with van der Waals surface area (Å²) in [5.74, 6) is -7.59. The highest BCUT2D eigenvalue weighted by atomic mass is 19.3. The number of likely N-dealkylation sites (tertiary alicyclic amines) is 1. The van der Waals surface area contributed by atoms with E-state index in [9.17, 15) is 28.3 Å². The minimum atomic E-state index is -4.16. The number of hydrogen-bond donors (Lipinski definition) is 4. The second-order valence-corrected chi connectivity index (χ2v) is 9.08. The Bertz CT molecular complexity index is 917. The smallest absolute Gasteiger partial charge is 0.351 e. The van der Waals surface area contributed by atoms with Crippen LogP contribution in [0.3, 0.4) is 0 Å². The lowest BCUT2D eigenvalue weighted by Gasteiger charge is -2.33. The van der Waals surface area contributed by atoms with Gasteiger partial charge in [-0.05, 0) is 43.7 Å². The highest BCUT2D eigenvalue weighted by Gasteiger charge is 2.51. The van der Waals surface area contributed by atoms with Gasteiger partial charge in [0, 0.05) is 13.1 Å². The summed E-state index contributed by atoms with van der Waals surface area (Å²) in [7, 11) is 0. The molecular weight excluding hydrogens is 446 g/mol. The van der Waals surface area contributed by atoms with Crippen LogP contribution in [0.25, 0.3) is 0 Å². The molecule has 188 valence electrons. The molecule has 1 aliphatic rings. The van der Waals surface area contributed by atoms with Crippen LogP contribution in [0.15, 0.2) is 41.6 Å². The van der Waals surface area contributed by atoms with E-state index in [4.69, 9.17) is 5.73 Å². The molecule has 8 nitrogen and oxygen atoms in total. The van der Waals surface area contributed by atoms with Gasteiger partial charge in [-0.2, -0.15) is 8.78 Å². The fraction of sp³-hybridized carbons (Fsp3) is 0.542. The Morgan fingerprint density at radius 1 is 1.21 bits per heavy atom. The SMILES string of the molecule is CC(C)=C(N)C(=O)N1CCCC1C(=O)N[C@@H](C(C)C)C(O)C(F)(F)C(=O)NCc1ccccc1. The third kappa shape index (κ3) is 6.31. The van der Waals surface area contributed by atoms with Gasteiger partial charge in [-0.3, -0.25) is 14.4 Å². The number of alkyl halides is 2. The Morgan fingerprint density at radius 2 is 1.82 bits per heavy atom. The molecule has 1 saturated heterocycles. The number of aliphatic hydroxyl groups is 1. The highest BCUT2D eigenvalue weighted by molar-refractivity contribution is 5.97. The van der Waals surface area contributed by atoms with Crippen LogP contribution >= 0.6 is 0 Å². The fourth-order valence-corrected chi connectivity index (χ4v) is 3.78. The Hall–Kier alpha value is -3.01. The van der Waals surface area contributed by atoms with Gasteiger partial charge < -0.3 is 26.4 Å². The lowest BCUT2D eigenvalue weighted by atomic mass is 9.93. The zero-order valence-electron chi connectivity index (χ0n) is 20.0. The maximum Gasteiger partial charge on any atom is 0.351 e. The van der Waals surface area contributed by atoms with E-state index in [1.54, 1.807) is 58.0 Å². The van der Waals surface area contributed by atoms with E-state index in [0.29, 0.717) is 30.5 Å². The van der Waals surface area contributed by atoms with Crippen LogP contribution in [0.4, 0.5) is 8.78 Å². The number of aliphatic hydroxyl groups excluding tert-OH is 1. The van der Waals surface area contributed by atoms with Gasteiger partial charge >= 0.3 is 5.92 Å². The van der Waals surface area contributed by atoms with Gasteiger partial charge in [-0.15, -0.1) is 0 Å². The summed E-state index contributed by atoms with van der Waals surface area (Å²) in [4.78, 5) is 39.1. The van der Waals surface area contributed by atoms with Gasteiger partial charge in [0.2, 0.25) is 5.91 Å². The minimum absolute atomic E-state index is 0.0294. The van der Waals surface area contributed by atoms with Crippen LogP contribution in [0.2, 0.25) is 0 Å². The second kappa shape index (κ2) is 11.4. The summed E-state index contributed by atoms with van der Waals surface area (Å²) in [6, 6.07) is 6.18. The molecule has 10 heteroatoms. The fourth-order valence-electron chi connectivity index (χ4n) is 3.78. The van der Waals surface area contributed by atoms with E-state index in [-0.39, 0.29) is 12.2 Å². The van der Waals surface area contributed by atoms with Gasteiger partial charge in [0.1, 0.15) is 12.1 Å². The van der Waals surface area contributed by atoms with Crippen molar-refractivity contribution in [3.8, 4) is 0 Å². The topological polar surface area (TPSA) is 125 Å². The molecule has 1 aromatic rings. The molecule has 2 rings (SSSR count). The summed E-state index contributed by atoms with van der Waals surface area (Å²) in [5, 5.41) is 15.0. The molecule has 5 N–H and O–H groups in total. The molecule has 34 heavy (non-hydrogen) atoms. The lowest BCUT2D eigenvalue weighted by molar-refractivity contribution is -0.169. The largest absolute Gasteiger partial charge is 0.394 e. The zero-order valence-corrected chi connectivity index (χ0v) is 20.0. The molecule has 0 aromatic heterocycles. The van der Waals surface area contributed by atoms with Gasteiger partial charge in [0.25, 0.3) is 11.8 Å². The predicted octanol–water partition coefficient (Wildman–Crippen LogP) is 1.68. The van der Waals surface area contributed by atoms with Gasteiger partial charge in [0.15, 0.2) is 0 Å². The normalized spacial score (nSPS) is 17.8. The maximum atomic E-state index is 14.9. The molecule has 3 atom stereocenters. The first-order chi connectivity index (χ1) is 15.9. The van der Waals surface area contributed by atoms with E-state index in [0.717, 1.165) is 0 Å². The van der Waals surface area contributed by atoms with Crippen molar-refractivity contribution in [2.75, 3.05) is 6.54 Å². The summed E-state index contributed by atoms with van der Waals surface area (Å²) in [5.41, 5.74) is 7.09. The molecule has 1 fully saturated rings. The van der Waals surface area contributed by atoms with Crippen LogP contribution in [0.1, 0.15) is 46.1 Å². The van der Waals surface area contributed by atoms with Gasteiger partial charge in [0.05, 0.1) is 11.7 Å². The molecule has 0 saturated carbocycles. The quantitative estimate of drug-likeness (QED) is 0.401. The standard InChI is InChI=1S/C24H34F2N4O4/c1-14(2)18(27)22(33)30-12-8-11-17(30)21(32)29-19(15(3)4)20(31)24(25,26)23(34)28-13-16-9-6-5-7-10-16/h5-7,9-10,15,17,19-20,31H,8,11-13,27H2,1-4H3,(H,28,34)(H,29,32)/t17?,19-,20?/m0/s1. The third-order valence-corrected chi connectivity index (χ3v) is 5.92. The van der Waals surface area contributed by atoms with E-state index in [1.807, 2.05) is 0 Å². The number of rotatable bonds is 9. The molecule has 0 aliphatic carbocycles. The lowest BCUT2D eigenvalue weighted by Crippen LogP contribution is -2.61. The van der Waals surface area contributed by atoms with Crippen LogP contribution in [0, 0.1) is 5.92 Å². The molecule has 2 unspecified atom stereocenters. The number of nitrogens with two attached hydrogens (primary N) is 1. The number of nitrogens with zero attached hydrogens (tertiary/aromatic N) is 1. The number of allylic oxidation sites excluding steroid dienone is 1. The minimum Gasteiger partial charge on any atom is -0.394 e. The summed E-state index contributed by atoms with van der Waals surface area (Å²) in [6.45, 7) is 6.61.